The van der Waals surface area contributed by atoms with E-state index in [2.05, 4.69) is 0 Å². The summed E-state index contributed by atoms with van der Waals surface area (Å²) in [5.41, 5.74) is 0. The first-order valence-corrected chi connectivity index (χ1v) is 3.62. The van der Waals surface area contributed by atoms with Crippen LogP contribution in [0.3, 0.4) is 0 Å². The molecule has 0 aromatic carbocycles. The molecule has 0 aliphatic heterocycles. The average Bonchev–Trinajstić information content (AvgIpc) is 1.66. The van der Waals surface area contributed by atoms with Crippen molar-refractivity contribution in [3.05, 3.63) is 0 Å². The molecule has 0 aliphatic rings. The normalized spacial score (nSPS) is 6.80. The lowest BCUT2D eigenvalue weighted by molar-refractivity contribution is -0.114. The van der Waals surface area contributed by atoms with Gasteiger partial charge in [-0.05, 0) is 27.7 Å². The maximum Gasteiger partial charge on any atom is 0.126 e. The summed E-state index contributed by atoms with van der Waals surface area (Å²) < 4.78 is 0. The number of aliphatic hydroxyl groups is 1. The van der Waals surface area contributed by atoms with E-state index in [1.165, 1.54) is 13.8 Å². The van der Waals surface area contributed by atoms with Gasteiger partial charge < -0.3 is 9.90 Å². The first kappa shape index (κ1) is 16.3. The van der Waals surface area contributed by atoms with Gasteiger partial charge in [0.05, 0.1) is 0 Å². The number of hydrogen-bond acceptors (Lipinski definition) is 2. The summed E-state index contributed by atoms with van der Waals surface area (Å²) in [6, 6.07) is 0. The van der Waals surface area contributed by atoms with Crippen LogP contribution in [0.1, 0.15) is 41.5 Å². The van der Waals surface area contributed by atoms with Crippen molar-refractivity contribution in [1.82, 2.24) is 0 Å². The quantitative estimate of drug-likeness (QED) is 0.570. The minimum Gasteiger partial charge on any atom is -0.394 e. The van der Waals surface area contributed by atoms with Crippen LogP contribution in [0.2, 0.25) is 0 Å². The number of Topliss-reactive ketones (excluding diaryl/α,β-unsaturated/α-hetero) is 1. The SMILES string of the molecule is CC.CC(C)=O.CC(C)O. The third kappa shape index (κ3) is 2450. The van der Waals surface area contributed by atoms with E-state index >= 15 is 0 Å². The molecule has 0 rings (SSSR count). The highest BCUT2D eigenvalue weighted by atomic mass is 16.3. The maximum atomic E-state index is 9.44. The second-order valence-corrected chi connectivity index (χ2v) is 2.00. The predicted molar refractivity (Wildman–Crippen MR) is 45.1 cm³/mol. The van der Waals surface area contributed by atoms with Gasteiger partial charge in [0.25, 0.3) is 0 Å². The molecule has 0 saturated carbocycles. The summed E-state index contributed by atoms with van der Waals surface area (Å²) >= 11 is 0. The highest BCUT2D eigenvalue weighted by Gasteiger charge is 1.69. The number of carbonyl (C=O) groups excluding carboxylic acids is 1. The van der Waals surface area contributed by atoms with Gasteiger partial charge in [0, 0.05) is 6.10 Å². The lowest BCUT2D eigenvalue weighted by atomic mass is 10.5. The molecule has 0 fully saturated rings. The zero-order chi connectivity index (χ0) is 9.15. The maximum absolute atomic E-state index is 9.44. The van der Waals surface area contributed by atoms with Gasteiger partial charge >= 0.3 is 0 Å². The van der Waals surface area contributed by atoms with Gasteiger partial charge in [0.2, 0.25) is 0 Å². The Kier molecular flexibility index (Phi) is 25.9. The summed E-state index contributed by atoms with van der Waals surface area (Å²) in [7, 11) is 0. The molecule has 0 radical (unpaired) electrons. The number of ketones is 1. The van der Waals surface area contributed by atoms with Gasteiger partial charge in [-0.25, -0.2) is 0 Å². The number of carbonyl (C=O) groups is 1. The molecule has 0 aromatic rings. The van der Waals surface area contributed by atoms with Crippen LogP contribution >= 0.6 is 0 Å². The largest absolute Gasteiger partial charge is 0.394 e. The summed E-state index contributed by atoms with van der Waals surface area (Å²) in [5.74, 6) is 0.167. The first-order chi connectivity index (χ1) is 4.46. The number of aliphatic hydroxyl groups excluding tert-OH is 1. The van der Waals surface area contributed by atoms with Crippen molar-refractivity contribution in [1.29, 1.82) is 0 Å². The Morgan fingerprint density at radius 3 is 1.20 bits per heavy atom. The zero-order valence-electron chi connectivity index (χ0n) is 7.93. The molecule has 10 heavy (non-hydrogen) atoms. The summed E-state index contributed by atoms with van der Waals surface area (Å²) in [6.07, 6.45) is -0.167. The fraction of sp³-hybridized carbons (Fsp3) is 0.875. The Bertz CT molecular complexity index is 51.5. The Morgan fingerprint density at radius 1 is 1.20 bits per heavy atom. The molecule has 0 atom stereocenters. The average molecular weight is 148 g/mol. The van der Waals surface area contributed by atoms with E-state index in [0.29, 0.717) is 0 Å². The molecule has 64 valence electrons. The fourth-order valence-electron chi connectivity index (χ4n) is 0. The first-order valence-electron chi connectivity index (χ1n) is 3.62. The van der Waals surface area contributed by atoms with Crippen molar-refractivity contribution < 1.29 is 9.90 Å². The third-order valence-electron chi connectivity index (χ3n) is 0. The van der Waals surface area contributed by atoms with Crippen LogP contribution in [-0.4, -0.2) is 17.0 Å². The van der Waals surface area contributed by atoms with E-state index in [1.54, 1.807) is 13.8 Å². The van der Waals surface area contributed by atoms with E-state index in [-0.39, 0.29) is 11.9 Å². The molecule has 0 aromatic heterocycles. The Labute approximate surface area is 64.3 Å². The van der Waals surface area contributed by atoms with Crippen molar-refractivity contribution >= 4 is 5.78 Å². The van der Waals surface area contributed by atoms with E-state index < -0.39 is 0 Å². The van der Waals surface area contributed by atoms with Crippen molar-refractivity contribution in [3.63, 3.8) is 0 Å². The second-order valence-electron chi connectivity index (χ2n) is 2.00. The van der Waals surface area contributed by atoms with E-state index in [9.17, 15) is 4.79 Å². The molecule has 0 saturated heterocycles. The molecular formula is C8H20O2. The zero-order valence-corrected chi connectivity index (χ0v) is 7.93. The summed E-state index contributed by atoms with van der Waals surface area (Å²) in [6.45, 7) is 10.5. The molecule has 1 N–H and O–H groups in total. The van der Waals surface area contributed by atoms with Crippen LogP contribution < -0.4 is 0 Å². The number of rotatable bonds is 0. The van der Waals surface area contributed by atoms with Crippen LogP contribution in [0.4, 0.5) is 0 Å². The van der Waals surface area contributed by atoms with Crippen molar-refractivity contribution in [2.45, 2.75) is 47.6 Å². The van der Waals surface area contributed by atoms with Crippen molar-refractivity contribution in [2.24, 2.45) is 0 Å². The predicted octanol–water partition coefficient (Wildman–Crippen LogP) is 2.01. The lowest BCUT2D eigenvalue weighted by Gasteiger charge is -1.80. The highest BCUT2D eigenvalue weighted by molar-refractivity contribution is 5.72. The van der Waals surface area contributed by atoms with Crippen LogP contribution in [0.15, 0.2) is 0 Å². The lowest BCUT2D eigenvalue weighted by Crippen LogP contribution is -1.85. The minimum absolute atomic E-state index is 0.167. The molecule has 0 amide bonds. The van der Waals surface area contributed by atoms with Crippen LogP contribution in [-0.2, 0) is 4.79 Å². The Hall–Kier alpha value is -0.370. The number of hydrogen-bond donors (Lipinski definition) is 1. The van der Waals surface area contributed by atoms with E-state index in [1.807, 2.05) is 13.8 Å². The van der Waals surface area contributed by atoms with Gasteiger partial charge in [0.15, 0.2) is 0 Å². The standard InChI is InChI=1S/C3H8O.C3H6O.C2H6/c2*1-3(2)4;1-2/h3-4H,1-2H3;1-2H3;1-2H3. The van der Waals surface area contributed by atoms with Crippen molar-refractivity contribution in [3.8, 4) is 0 Å². The third-order valence-corrected chi connectivity index (χ3v) is 0. The van der Waals surface area contributed by atoms with Gasteiger partial charge in [0.1, 0.15) is 5.78 Å². The van der Waals surface area contributed by atoms with E-state index in [4.69, 9.17) is 5.11 Å². The molecule has 0 heterocycles. The Morgan fingerprint density at radius 2 is 1.20 bits per heavy atom. The summed E-state index contributed by atoms with van der Waals surface area (Å²) in [4.78, 5) is 9.44. The van der Waals surface area contributed by atoms with Crippen molar-refractivity contribution in [2.75, 3.05) is 0 Å². The summed E-state index contributed by atoms with van der Waals surface area (Å²) in [5, 5.41) is 8.06. The molecule has 0 spiro atoms. The molecule has 0 unspecified atom stereocenters. The second kappa shape index (κ2) is 15.9. The molecule has 0 aliphatic carbocycles. The smallest absolute Gasteiger partial charge is 0.126 e. The van der Waals surface area contributed by atoms with Gasteiger partial charge in [-0.3, -0.25) is 0 Å². The van der Waals surface area contributed by atoms with Gasteiger partial charge in [-0.15, -0.1) is 0 Å². The van der Waals surface area contributed by atoms with Crippen LogP contribution in [0.25, 0.3) is 0 Å². The van der Waals surface area contributed by atoms with E-state index in [0.717, 1.165) is 0 Å². The highest BCUT2D eigenvalue weighted by Crippen LogP contribution is 1.65. The minimum atomic E-state index is -0.167. The monoisotopic (exact) mass is 148 g/mol. The Balaban J connectivity index is -0.0000000787. The molecular weight excluding hydrogens is 128 g/mol. The molecule has 0 bridgehead atoms. The molecule has 2 heteroatoms. The van der Waals surface area contributed by atoms with Gasteiger partial charge in [-0.1, -0.05) is 13.8 Å². The molecule has 2 nitrogen and oxygen atoms in total. The van der Waals surface area contributed by atoms with Crippen LogP contribution in [0, 0.1) is 0 Å². The van der Waals surface area contributed by atoms with Gasteiger partial charge in [-0.2, -0.15) is 0 Å². The van der Waals surface area contributed by atoms with Crippen LogP contribution in [0.5, 0.6) is 0 Å². The topological polar surface area (TPSA) is 37.3 Å². The fourth-order valence-corrected chi connectivity index (χ4v) is 0.